The highest BCUT2D eigenvalue weighted by molar-refractivity contribution is 6.19. The number of alkyl halides is 1. The molecule has 0 N–H and O–H groups in total. The van der Waals surface area contributed by atoms with E-state index in [2.05, 4.69) is 11.8 Å². The van der Waals surface area contributed by atoms with Crippen LogP contribution in [0, 0.1) is 17.7 Å². The van der Waals surface area contributed by atoms with Crippen LogP contribution in [-0.2, 0) is 11.3 Å². The molecule has 0 unspecified atom stereocenters. The molecule has 108 valence electrons. The highest BCUT2D eigenvalue weighted by Crippen LogP contribution is 2.16. The molecule has 2 rings (SSSR count). The van der Waals surface area contributed by atoms with Gasteiger partial charge in [0, 0.05) is 6.07 Å². The predicted octanol–water partition coefficient (Wildman–Crippen LogP) is 3.97. The minimum absolute atomic E-state index is 0.0566. The lowest BCUT2D eigenvalue weighted by atomic mass is 10.2. The number of halogens is 2. The average Bonchev–Trinajstić information content (AvgIpc) is 2.52. The lowest BCUT2D eigenvalue weighted by Crippen LogP contribution is -2.03. The molecule has 0 heterocycles. The average molecular weight is 305 g/mol. The highest BCUT2D eigenvalue weighted by atomic mass is 35.5. The Morgan fingerprint density at radius 2 is 1.90 bits per heavy atom. The van der Waals surface area contributed by atoms with Gasteiger partial charge in [0.25, 0.3) is 0 Å². The Morgan fingerprint density at radius 3 is 2.62 bits per heavy atom. The molecule has 0 aromatic heterocycles. The fourth-order valence-corrected chi connectivity index (χ4v) is 1.73. The maximum atomic E-state index is 13.7. The second-order valence-corrected chi connectivity index (χ2v) is 4.44. The van der Waals surface area contributed by atoms with E-state index in [1.165, 1.54) is 6.07 Å². The molecule has 0 amide bonds. The molecule has 0 aliphatic rings. The summed E-state index contributed by atoms with van der Waals surface area (Å²) in [6.07, 6.45) is 0. The molecule has 0 aliphatic carbocycles. The number of hydrogen-bond acceptors (Lipinski definition) is 2. The number of rotatable bonds is 5. The molecule has 0 saturated heterocycles. The Balaban J connectivity index is 1.82. The molecule has 0 aliphatic heterocycles. The fourth-order valence-electron chi connectivity index (χ4n) is 1.66. The zero-order valence-corrected chi connectivity index (χ0v) is 12.1. The summed E-state index contributed by atoms with van der Waals surface area (Å²) in [5, 5.41) is 0. The van der Waals surface area contributed by atoms with Crippen LogP contribution in [0.15, 0.2) is 48.5 Å². The molecule has 0 fully saturated rings. The zero-order valence-electron chi connectivity index (χ0n) is 11.3. The lowest BCUT2D eigenvalue weighted by Gasteiger charge is -2.08. The molecule has 0 saturated carbocycles. The Labute approximate surface area is 128 Å². The second kappa shape index (κ2) is 8.31. The van der Waals surface area contributed by atoms with Crippen molar-refractivity contribution < 1.29 is 13.9 Å². The Bertz CT molecular complexity index is 632. The third-order valence-corrected chi connectivity index (χ3v) is 2.78. The summed E-state index contributed by atoms with van der Waals surface area (Å²) < 4.78 is 24.4. The van der Waals surface area contributed by atoms with Crippen molar-refractivity contribution in [1.29, 1.82) is 0 Å². The Kier molecular flexibility index (Phi) is 6.08. The molecule has 21 heavy (non-hydrogen) atoms. The molecule has 2 aromatic carbocycles. The van der Waals surface area contributed by atoms with Gasteiger partial charge in [-0.1, -0.05) is 42.2 Å². The standard InChI is InChI=1S/C17H14ClFO2/c18-10-4-7-15-8-9-16(11-17(15)19)21-13-20-12-14-5-2-1-3-6-14/h1-3,5-6,8-9,11H,10,12-13H2. The second-order valence-electron chi connectivity index (χ2n) is 4.17. The monoisotopic (exact) mass is 304 g/mol. The van der Waals surface area contributed by atoms with E-state index in [0.717, 1.165) is 5.56 Å². The first-order valence-corrected chi connectivity index (χ1v) is 6.92. The van der Waals surface area contributed by atoms with Crippen molar-refractivity contribution in [3.63, 3.8) is 0 Å². The summed E-state index contributed by atoms with van der Waals surface area (Å²) in [5.74, 6) is 5.37. The molecular weight excluding hydrogens is 291 g/mol. The van der Waals surface area contributed by atoms with Crippen LogP contribution in [0.4, 0.5) is 4.39 Å². The van der Waals surface area contributed by atoms with Crippen molar-refractivity contribution >= 4 is 11.6 Å². The molecule has 2 nitrogen and oxygen atoms in total. The van der Waals surface area contributed by atoms with Crippen LogP contribution in [0.2, 0.25) is 0 Å². The van der Waals surface area contributed by atoms with Crippen molar-refractivity contribution in [3.8, 4) is 17.6 Å². The molecular formula is C17H14ClFO2. The molecule has 0 radical (unpaired) electrons. The fraction of sp³-hybridized carbons (Fsp3) is 0.176. The third kappa shape index (κ3) is 5.11. The van der Waals surface area contributed by atoms with Crippen molar-refractivity contribution in [2.75, 3.05) is 12.7 Å². The van der Waals surface area contributed by atoms with Gasteiger partial charge in [0.2, 0.25) is 0 Å². The first kappa shape index (κ1) is 15.4. The van der Waals surface area contributed by atoms with Gasteiger partial charge in [0.1, 0.15) is 11.6 Å². The van der Waals surface area contributed by atoms with E-state index in [1.807, 2.05) is 30.3 Å². The Hall–Kier alpha value is -2.02. The zero-order chi connectivity index (χ0) is 14.9. The largest absolute Gasteiger partial charge is 0.467 e. The Morgan fingerprint density at radius 1 is 1.10 bits per heavy atom. The van der Waals surface area contributed by atoms with Crippen LogP contribution >= 0.6 is 11.6 Å². The maximum absolute atomic E-state index is 13.7. The van der Waals surface area contributed by atoms with Crippen LogP contribution in [0.1, 0.15) is 11.1 Å². The van der Waals surface area contributed by atoms with Crippen molar-refractivity contribution in [2.45, 2.75) is 6.61 Å². The van der Waals surface area contributed by atoms with E-state index in [-0.39, 0.29) is 12.7 Å². The van der Waals surface area contributed by atoms with Crippen LogP contribution in [-0.4, -0.2) is 12.7 Å². The number of ether oxygens (including phenoxy) is 2. The van der Waals surface area contributed by atoms with E-state index in [0.29, 0.717) is 17.9 Å². The van der Waals surface area contributed by atoms with Crippen molar-refractivity contribution in [3.05, 3.63) is 65.5 Å². The van der Waals surface area contributed by atoms with Crippen LogP contribution in [0.5, 0.6) is 5.75 Å². The lowest BCUT2D eigenvalue weighted by molar-refractivity contribution is 0.00490. The van der Waals surface area contributed by atoms with Gasteiger partial charge in [-0.15, -0.1) is 11.6 Å². The van der Waals surface area contributed by atoms with Crippen molar-refractivity contribution in [2.24, 2.45) is 0 Å². The summed E-state index contributed by atoms with van der Waals surface area (Å²) >= 11 is 5.43. The summed E-state index contributed by atoms with van der Waals surface area (Å²) in [4.78, 5) is 0. The van der Waals surface area contributed by atoms with Gasteiger partial charge < -0.3 is 9.47 Å². The normalized spacial score (nSPS) is 9.81. The molecule has 0 bridgehead atoms. The van der Waals surface area contributed by atoms with E-state index in [4.69, 9.17) is 21.1 Å². The van der Waals surface area contributed by atoms with Gasteiger partial charge in [0.05, 0.1) is 18.1 Å². The minimum Gasteiger partial charge on any atom is -0.467 e. The first-order chi connectivity index (χ1) is 10.3. The van der Waals surface area contributed by atoms with Crippen LogP contribution in [0.3, 0.4) is 0 Å². The molecule has 0 spiro atoms. The summed E-state index contributed by atoms with van der Waals surface area (Å²) in [5.41, 5.74) is 1.35. The smallest absolute Gasteiger partial charge is 0.189 e. The minimum atomic E-state index is -0.437. The van der Waals surface area contributed by atoms with Crippen LogP contribution in [0.25, 0.3) is 0 Å². The third-order valence-electron chi connectivity index (χ3n) is 2.65. The topological polar surface area (TPSA) is 18.5 Å². The van der Waals surface area contributed by atoms with Gasteiger partial charge >= 0.3 is 0 Å². The summed E-state index contributed by atoms with van der Waals surface area (Å²) in [7, 11) is 0. The van der Waals surface area contributed by atoms with Gasteiger partial charge in [-0.3, -0.25) is 0 Å². The first-order valence-electron chi connectivity index (χ1n) is 6.38. The molecule has 4 heteroatoms. The van der Waals surface area contributed by atoms with Gasteiger partial charge in [-0.2, -0.15) is 0 Å². The molecule has 2 aromatic rings. The summed E-state index contributed by atoms with van der Waals surface area (Å²) in [6.45, 7) is 0.504. The van der Waals surface area contributed by atoms with E-state index in [9.17, 15) is 4.39 Å². The number of benzene rings is 2. The highest BCUT2D eigenvalue weighted by Gasteiger charge is 2.02. The van der Waals surface area contributed by atoms with E-state index in [1.54, 1.807) is 12.1 Å². The predicted molar refractivity (Wildman–Crippen MR) is 80.7 cm³/mol. The summed E-state index contributed by atoms with van der Waals surface area (Å²) in [6, 6.07) is 14.2. The van der Waals surface area contributed by atoms with Crippen molar-refractivity contribution in [1.82, 2.24) is 0 Å². The van der Waals surface area contributed by atoms with Gasteiger partial charge in [-0.25, -0.2) is 4.39 Å². The SMILES string of the molecule is Fc1cc(OCOCc2ccccc2)ccc1C#CCCl. The maximum Gasteiger partial charge on any atom is 0.189 e. The van der Waals surface area contributed by atoms with Gasteiger partial charge in [0.15, 0.2) is 6.79 Å². The van der Waals surface area contributed by atoms with E-state index < -0.39 is 5.82 Å². The quantitative estimate of drug-likeness (QED) is 0.360. The number of hydrogen-bond donors (Lipinski definition) is 0. The van der Waals surface area contributed by atoms with E-state index >= 15 is 0 Å². The molecule has 0 atom stereocenters. The van der Waals surface area contributed by atoms with Gasteiger partial charge in [-0.05, 0) is 17.7 Å². The van der Waals surface area contributed by atoms with Crippen LogP contribution < -0.4 is 4.74 Å².